The summed E-state index contributed by atoms with van der Waals surface area (Å²) in [6.07, 6.45) is 2.32. The molecule has 1 unspecified atom stereocenters. The van der Waals surface area contributed by atoms with Crippen LogP contribution in [-0.4, -0.2) is 43.7 Å². The fourth-order valence-corrected chi connectivity index (χ4v) is 3.07. The molecule has 3 rings (SSSR count). The van der Waals surface area contributed by atoms with Crippen molar-refractivity contribution in [2.75, 3.05) is 30.4 Å². The summed E-state index contributed by atoms with van der Waals surface area (Å²) in [5, 5.41) is 8.73. The lowest BCUT2D eigenvalue weighted by molar-refractivity contribution is -0.114. The fourth-order valence-electron chi connectivity index (χ4n) is 3.07. The minimum atomic E-state index is -0.173. The molecule has 1 aliphatic rings. The summed E-state index contributed by atoms with van der Waals surface area (Å²) in [5.41, 5.74) is 2.03. The van der Waals surface area contributed by atoms with Gasteiger partial charge in [-0.25, -0.2) is 0 Å². The topological polar surface area (TPSA) is 88.7 Å². The van der Waals surface area contributed by atoms with Crippen molar-refractivity contribution >= 4 is 23.2 Å². The second-order valence-electron chi connectivity index (χ2n) is 7.58. The second kappa shape index (κ2) is 10.6. The summed E-state index contributed by atoms with van der Waals surface area (Å²) in [6, 6.07) is 14.4. The first-order valence-electron chi connectivity index (χ1n) is 10.3. The minimum absolute atomic E-state index is 0.0740. The Bertz CT molecular complexity index is 829. The number of nitrogens with one attached hydrogen (secondary N) is 3. The molecule has 1 fully saturated rings. The van der Waals surface area contributed by atoms with Crippen molar-refractivity contribution in [3.63, 3.8) is 0 Å². The zero-order valence-electron chi connectivity index (χ0n) is 17.4. The van der Waals surface area contributed by atoms with Crippen LogP contribution in [0.1, 0.15) is 37.0 Å². The predicted octanol–water partition coefficient (Wildman–Crippen LogP) is 3.43. The van der Waals surface area contributed by atoms with E-state index in [0.717, 1.165) is 30.9 Å². The van der Waals surface area contributed by atoms with Gasteiger partial charge in [-0.2, -0.15) is 0 Å². The van der Waals surface area contributed by atoms with Crippen LogP contribution in [-0.2, 0) is 9.53 Å². The molecule has 0 bridgehead atoms. The molecule has 30 heavy (non-hydrogen) atoms. The molecule has 0 aromatic heterocycles. The van der Waals surface area contributed by atoms with Gasteiger partial charge in [-0.3, -0.25) is 9.59 Å². The van der Waals surface area contributed by atoms with Gasteiger partial charge in [0.25, 0.3) is 5.91 Å². The standard InChI is InChI=1S/C23H29N3O4/c1-16(2)25-23(28)17-5-7-19(8-6-17)26-22(27)14-24-18-9-11-20(12-10-18)30-15-21-4-3-13-29-21/h5-12,16,21,24H,3-4,13-15H2,1-2H3,(H,25,28)(H,26,27). The summed E-state index contributed by atoms with van der Waals surface area (Å²) in [4.78, 5) is 24.1. The van der Waals surface area contributed by atoms with Gasteiger partial charge < -0.3 is 25.4 Å². The molecule has 160 valence electrons. The van der Waals surface area contributed by atoms with Crippen molar-refractivity contribution in [3.05, 3.63) is 54.1 Å². The van der Waals surface area contributed by atoms with E-state index in [1.54, 1.807) is 24.3 Å². The number of carbonyl (C=O) groups is 2. The van der Waals surface area contributed by atoms with Crippen LogP contribution in [0, 0.1) is 0 Å². The van der Waals surface area contributed by atoms with Gasteiger partial charge in [-0.1, -0.05) is 0 Å². The number of anilines is 2. The zero-order chi connectivity index (χ0) is 21.3. The largest absolute Gasteiger partial charge is 0.491 e. The first kappa shape index (κ1) is 21.6. The number of ether oxygens (including phenoxy) is 2. The average Bonchev–Trinajstić information content (AvgIpc) is 3.25. The van der Waals surface area contributed by atoms with Gasteiger partial charge >= 0.3 is 0 Å². The van der Waals surface area contributed by atoms with E-state index in [-0.39, 0.29) is 30.5 Å². The van der Waals surface area contributed by atoms with Crippen LogP contribution in [0.2, 0.25) is 0 Å². The van der Waals surface area contributed by atoms with Crippen molar-refractivity contribution in [1.29, 1.82) is 0 Å². The molecular weight excluding hydrogens is 382 g/mol. The Balaban J connectivity index is 1.41. The molecule has 2 aromatic rings. The molecule has 1 heterocycles. The number of hydrogen-bond acceptors (Lipinski definition) is 5. The lowest BCUT2D eigenvalue weighted by atomic mass is 10.2. The molecule has 7 heteroatoms. The number of benzene rings is 2. The first-order chi connectivity index (χ1) is 14.5. The van der Waals surface area contributed by atoms with E-state index in [9.17, 15) is 9.59 Å². The van der Waals surface area contributed by atoms with E-state index in [4.69, 9.17) is 9.47 Å². The van der Waals surface area contributed by atoms with Gasteiger partial charge in [0.05, 0.1) is 12.6 Å². The van der Waals surface area contributed by atoms with E-state index in [1.165, 1.54) is 0 Å². The van der Waals surface area contributed by atoms with Crippen molar-refractivity contribution in [3.8, 4) is 5.75 Å². The molecule has 0 saturated carbocycles. The third kappa shape index (κ3) is 6.77. The molecule has 0 aliphatic carbocycles. The Labute approximate surface area is 177 Å². The van der Waals surface area contributed by atoms with Gasteiger partial charge in [-0.05, 0) is 75.2 Å². The van der Waals surface area contributed by atoms with E-state index in [0.29, 0.717) is 17.9 Å². The average molecular weight is 412 g/mol. The highest BCUT2D eigenvalue weighted by atomic mass is 16.5. The predicted molar refractivity (Wildman–Crippen MR) is 117 cm³/mol. The highest BCUT2D eigenvalue weighted by Gasteiger charge is 2.15. The summed E-state index contributed by atoms with van der Waals surface area (Å²) in [7, 11) is 0. The Morgan fingerprint density at radius 1 is 1.07 bits per heavy atom. The third-order valence-corrected chi connectivity index (χ3v) is 4.62. The lowest BCUT2D eigenvalue weighted by Crippen LogP contribution is -2.30. The second-order valence-corrected chi connectivity index (χ2v) is 7.58. The molecule has 3 N–H and O–H groups in total. The van der Waals surface area contributed by atoms with Crippen LogP contribution >= 0.6 is 0 Å². The quantitative estimate of drug-likeness (QED) is 0.588. The molecule has 0 radical (unpaired) electrons. The Hall–Kier alpha value is -3.06. The Kier molecular flexibility index (Phi) is 7.68. The van der Waals surface area contributed by atoms with Crippen molar-refractivity contribution < 1.29 is 19.1 Å². The van der Waals surface area contributed by atoms with Crippen LogP contribution in [0.5, 0.6) is 5.75 Å². The van der Waals surface area contributed by atoms with Crippen LogP contribution in [0.15, 0.2) is 48.5 Å². The molecule has 7 nitrogen and oxygen atoms in total. The maximum atomic E-state index is 12.2. The van der Waals surface area contributed by atoms with E-state index in [2.05, 4.69) is 16.0 Å². The Morgan fingerprint density at radius 3 is 2.40 bits per heavy atom. The summed E-state index contributed by atoms with van der Waals surface area (Å²) in [5.74, 6) is 0.475. The van der Waals surface area contributed by atoms with Crippen molar-refractivity contribution in [1.82, 2.24) is 5.32 Å². The molecule has 1 saturated heterocycles. The van der Waals surface area contributed by atoms with E-state index >= 15 is 0 Å². The van der Waals surface area contributed by atoms with Crippen molar-refractivity contribution in [2.24, 2.45) is 0 Å². The van der Waals surface area contributed by atoms with Crippen molar-refractivity contribution in [2.45, 2.75) is 38.8 Å². The molecule has 0 spiro atoms. The molecule has 2 aromatic carbocycles. The monoisotopic (exact) mass is 411 g/mol. The summed E-state index contributed by atoms with van der Waals surface area (Å²) >= 11 is 0. The highest BCUT2D eigenvalue weighted by Crippen LogP contribution is 2.18. The normalized spacial score (nSPS) is 15.6. The van der Waals surface area contributed by atoms with Crippen LogP contribution in [0.4, 0.5) is 11.4 Å². The molecule has 1 atom stereocenters. The molecule has 1 aliphatic heterocycles. The van der Waals surface area contributed by atoms with E-state index < -0.39 is 0 Å². The molecular formula is C23H29N3O4. The number of carbonyl (C=O) groups excluding carboxylic acids is 2. The smallest absolute Gasteiger partial charge is 0.251 e. The van der Waals surface area contributed by atoms with Crippen LogP contribution < -0.4 is 20.7 Å². The first-order valence-corrected chi connectivity index (χ1v) is 10.3. The van der Waals surface area contributed by atoms with Gasteiger partial charge in [0.1, 0.15) is 12.4 Å². The van der Waals surface area contributed by atoms with Gasteiger partial charge in [0.2, 0.25) is 5.91 Å². The molecule has 2 amide bonds. The maximum Gasteiger partial charge on any atom is 0.251 e. The Morgan fingerprint density at radius 2 is 1.77 bits per heavy atom. The van der Waals surface area contributed by atoms with Crippen LogP contribution in [0.3, 0.4) is 0 Å². The number of rotatable bonds is 9. The summed E-state index contributed by atoms with van der Waals surface area (Å²) in [6.45, 7) is 5.33. The zero-order valence-corrected chi connectivity index (χ0v) is 17.4. The fraction of sp³-hybridized carbons (Fsp3) is 0.391. The summed E-state index contributed by atoms with van der Waals surface area (Å²) < 4.78 is 11.3. The van der Waals surface area contributed by atoms with Crippen LogP contribution in [0.25, 0.3) is 0 Å². The highest BCUT2D eigenvalue weighted by molar-refractivity contribution is 5.96. The lowest BCUT2D eigenvalue weighted by Gasteiger charge is -2.12. The third-order valence-electron chi connectivity index (χ3n) is 4.62. The minimum Gasteiger partial charge on any atom is -0.491 e. The van der Waals surface area contributed by atoms with Gasteiger partial charge in [0, 0.05) is 29.6 Å². The number of hydrogen-bond donors (Lipinski definition) is 3. The van der Waals surface area contributed by atoms with Gasteiger partial charge in [-0.15, -0.1) is 0 Å². The maximum absolute atomic E-state index is 12.2. The van der Waals surface area contributed by atoms with E-state index in [1.807, 2.05) is 38.1 Å². The van der Waals surface area contributed by atoms with Gasteiger partial charge in [0.15, 0.2) is 0 Å². The number of amides is 2. The SMILES string of the molecule is CC(C)NC(=O)c1ccc(NC(=O)CNc2ccc(OCC3CCCO3)cc2)cc1.